The summed E-state index contributed by atoms with van der Waals surface area (Å²) in [6, 6.07) is 3.52. The third-order valence-electron chi connectivity index (χ3n) is 5.47. The number of benzene rings is 1. The van der Waals surface area contributed by atoms with Crippen molar-refractivity contribution < 1.29 is 10.2 Å². The van der Waals surface area contributed by atoms with Crippen LogP contribution in [-0.2, 0) is 5.41 Å². The van der Waals surface area contributed by atoms with Gasteiger partial charge < -0.3 is 10.2 Å². The molecule has 0 saturated carbocycles. The molecule has 2 nitrogen and oxygen atoms in total. The third kappa shape index (κ3) is 8.01. The molecule has 0 heterocycles. The number of aromatic hydroxyl groups is 2. The summed E-state index contributed by atoms with van der Waals surface area (Å²) in [5.74, 6) is 0.913. The number of hydrogen-bond donors (Lipinski definition) is 2. The van der Waals surface area contributed by atoms with Crippen molar-refractivity contribution in [1.82, 2.24) is 0 Å². The highest BCUT2D eigenvalue weighted by Gasteiger charge is 2.21. The summed E-state index contributed by atoms with van der Waals surface area (Å²) in [5.41, 5.74) is 1.52. The van der Waals surface area contributed by atoms with E-state index in [-0.39, 0.29) is 11.3 Å². The van der Waals surface area contributed by atoms with E-state index in [0.717, 1.165) is 17.5 Å². The Hall–Kier alpha value is -1.18. The normalized spacial score (nSPS) is 13.1. The van der Waals surface area contributed by atoms with Gasteiger partial charge >= 0.3 is 0 Å². The smallest absolute Gasteiger partial charge is 0.119 e. The maximum atomic E-state index is 10.4. The Morgan fingerprint density at radius 2 is 1.27 bits per heavy atom. The lowest BCUT2D eigenvalue weighted by molar-refractivity contribution is 0.426. The standard InChI is InChI=1S/C24H42O2/c1-6-7-8-9-10-11-12-13-14-15-16-19(2)20-17-23(26)21(18-22(20)25)24(3,4)5/h17-19,25-26H,6-16H2,1-5H3. The van der Waals surface area contributed by atoms with Gasteiger partial charge in [0.1, 0.15) is 11.5 Å². The van der Waals surface area contributed by atoms with E-state index in [1.54, 1.807) is 12.1 Å². The zero-order valence-electron chi connectivity index (χ0n) is 17.9. The zero-order chi connectivity index (χ0) is 19.6. The summed E-state index contributed by atoms with van der Waals surface area (Å²) < 4.78 is 0. The van der Waals surface area contributed by atoms with Gasteiger partial charge in [0.2, 0.25) is 0 Å². The van der Waals surface area contributed by atoms with Crippen molar-refractivity contribution >= 4 is 0 Å². The lowest BCUT2D eigenvalue weighted by Gasteiger charge is -2.23. The predicted octanol–water partition coefficient (Wildman–Crippen LogP) is 7.81. The minimum atomic E-state index is -0.167. The van der Waals surface area contributed by atoms with Crippen LogP contribution in [0.2, 0.25) is 0 Å². The van der Waals surface area contributed by atoms with Crippen LogP contribution in [0.25, 0.3) is 0 Å². The predicted molar refractivity (Wildman–Crippen MR) is 113 cm³/mol. The minimum Gasteiger partial charge on any atom is -0.508 e. The van der Waals surface area contributed by atoms with Crippen LogP contribution in [0.3, 0.4) is 0 Å². The van der Waals surface area contributed by atoms with Crippen molar-refractivity contribution in [2.45, 2.75) is 117 Å². The van der Waals surface area contributed by atoms with Crippen LogP contribution in [0.1, 0.15) is 122 Å². The highest BCUT2D eigenvalue weighted by Crippen LogP contribution is 2.39. The number of phenolic OH excluding ortho intramolecular Hbond substituents is 2. The van der Waals surface area contributed by atoms with Gasteiger partial charge in [0, 0.05) is 11.1 Å². The second kappa shape index (κ2) is 11.5. The van der Waals surface area contributed by atoms with Crippen LogP contribution in [0, 0.1) is 0 Å². The Morgan fingerprint density at radius 3 is 1.77 bits per heavy atom. The summed E-state index contributed by atoms with van der Waals surface area (Å²) in [5, 5.41) is 20.7. The van der Waals surface area contributed by atoms with Crippen LogP contribution in [0.4, 0.5) is 0 Å². The molecule has 0 aliphatic rings. The van der Waals surface area contributed by atoms with Crippen molar-refractivity contribution in [2.75, 3.05) is 0 Å². The van der Waals surface area contributed by atoms with Gasteiger partial charge in [0.15, 0.2) is 0 Å². The van der Waals surface area contributed by atoms with E-state index >= 15 is 0 Å². The number of hydrogen-bond acceptors (Lipinski definition) is 2. The van der Waals surface area contributed by atoms with Crippen molar-refractivity contribution in [2.24, 2.45) is 0 Å². The maximum absolute atomic E-state index is 10.4. The molecule has 1 aromatic rings. The number of unbranched alkanes of at least 4 members (excludes halogenated alkanes) is 9. The van der Waals surface area contributed by atoms with Crippen molar-refractivity contribution in [3.8, 4) is 11.5 Å². The molecule has 0 saturated heterocycles. The number of rotatable bonds is 12. The van der Waals surface area contributed by atoms with Crippen molar-refractivity contribution in [1.29, 1.82) is 0 Å². The monoisotopic (exact) mass is 362 g/mol. The molecule has 0 aliphatic heterocycles. The Kier molecular flexibility index (Phi) is 10.1. The van der Waals surface area contributed by atoms with Crippen molar-refractivity contribution in [3.05, 3.63) is 23.3 Å². The fourth-order valence-electron chi connectivity index (χ4n) is 3.68. The first-order valence-electron chi connectivity index (χ1n) is 10.8. The van der Waals surface area contributed by atoms with Crippen LogP contribution >= 0.6 is 0 Å². The third-order valence-corrected chi connectivity index (χ3v) is 5.47. The zero-order valence-corrected chi connectivity index (χ0v) is 17.9. The molecule has 0 fully saturated rings. The first-order valence-corrected chi connectivity index (χ1v) is 10.8. The van der Waals surface area contributed by atoms with E-state index in [1.165, 1.54) is 64.2 Å². The Bertz CT molecular complexity index is 514. The second-order valence-corrected chi connectivity index (χ2v) is 9.05. The molecule has 1 aromatic carbocycles. The first kappa shape index (κ1) is 22.9. The molecule has 0 aliphatic carbocycles. The molecule has 2 heteroatoms. The summed E-state index contributed by atoms with van der Waals surface area (Å²) in [6.07, 6.45) is 14.5. The second-order valence-electron chi connectivity index (χ2n) is 9.05. The molecule has 2 N–H and O–H groups in total. The van der Waals surface area contributed by atoms with Crippen LogP contribution in [0.5, 0.6) is 11.5 Å². The molecule has 1 atom stereocenters. The van der Waals surface area contributed by atoms with Crippen molar-refractivity contribution in [3.63, 3.8) is 0 Å². The van der Waals surface area contributed by atoms with E-state index in [9.17, 15) is 10.2 Å². The molecular weight excluding hydrogens is 320 g/mol. The SMILES string of the molecule is CCCCCCCCCCCCC(C)c1cc(O)c(C(C)(C)C)cc1O. The molecule has 26 heavy (non-hydrogen) atoms. The van der Waals surface area contributed by atoms with Crippen LogP contribution in [-0.4, -0.2) is 10.2 Å². The Morgan fingerprint density at radius 1 is 0.769 bits per heavy atom. The molecular formula is C24H42O2. The summed E-state index contributed by atoms with van der Waals surface area (Å²) in [4.78, 5) is 0. The van der Waals surface area contributed by atoms with Gasteiger partial charge in [0.05, 0.1) is 0 Å². The van der Waals surface area contributed by atoms with E-state index < -0.39 is 0 Å². The van der Waals surface area contributed by atoms with Gasteiger partial charge in [-0.25, -0.2) is 0 Å². The summed E-state index contributed by atoms with van der Waals surface area (Å²) in [7, 11) is 0. The van der Waals surface area contributed by atoms with E-state index in [1.807, 2.05) is 0 Å². The van der Waals surface area contributed by atoms with Gasteiger partial charge in [-0.1, -0.05) is 98.8 Å². The number of phenols is 2. The van der Waals surface area contributed by atoms with E-state index in [2.05, 4.69) is 34.6 Å². The van der Waals surface area contributed by atoms with Gasteiger partial charge in [-0.2, -0.15) is 0 Å². The molecule has 0 amide bonds. The largest absolute Gasteiger partial charge is 0.508 e. The van der Waals surface area contributed by atoms with Gasteiger partial charge in [-0.05, 0) is 29.9 Å². The first-order chi connectivity index (χ1) is 12.3. The molecule has 1 unspecified atom stereocenters. The van der Waals surface area contributed by atoms with Gasteiger partial charge in [-0.15, -0.1) is 0 Å². The minimum absolute atomic E-state index is 0.167. The fraction of sp³-hybridized carbons (Fsp3) is 0.750. The summed E-state index contributed by atoms with van der Waals surface area (Å²) in [6.45, 7) is 10.6. The lowest BCUT2D eigenvalue weighted by atomic mass is 9.83. The summed E-state index contributed by atoms with van der Waals surface area (Å²) >= 11 is 0. The fourth-order valence-corrected chi connectivity index (χ4v) is 3.68. The molecule has 0 aromatic heterocycles. The van der Waals surface area contributed by atoms with Gasteiger partial charge in [-0.3, -0.25) is 0 Å². The molecule has 150 valence electrons. The quantitative estimate of drug-likeness (QED) is 0.294. The molecule has 0 bridgehead atoms. The topological polar surface area (TPSA) is 40.5 Å². The van der Waals surface area contributed by atoms with Crippen LogP contribution in [0.15, 0.2) is 12.1 Å². The van der Waals surface area contributed by atoms with E-state index in [0.29, 0.717) is 11.5 Å². The average Bonchev–Trinajstić information content (AvgIpc) is 2.57. The Balaban J connectivity index is 2.31. The average molecular weight is 363 g/mol. The van der Waals surface area contributed by atoms with E-state index in [4.69, 9.17) is 0 Å². The molecule has 0 radical (unpaired) electrons. The van der Waals surface area contributed by atoms with Gasteiger partial charge in [0.25, 0.3) is 0 Å². The molecule has 0 spiro atoms. The molecule has 1 rings (SSSR count). The lowest BCUT2D eigenvalue weighted by Crippen LogP contribution is -2.11. The highest BCUT2D eigenvalue weighted by molar-refractivity contribution is 5.49. The Labute approximate surface area is 162 Å². The maximum Gasteiger partial charge on any atom is 0.119 e. The van der Waals surface area contributed by atoms with Crippen LogP contribution < -0.4 is 0 Å². The highest BCUT2D eigenvalue weighted by atomic mass is 16.3.